The molecule has 2 aliphatic rings. The molecule has 4 aromatic rings. The molecule has 1 heterocycles. The highest BCUT2D eigenvalue weighted by atomic mass is 16.5. The van der Waals surface area contributed by atoms with Crippen molar-refractivity contribution in [1.82, 2.24) is 5.32 Å². The molecule has 1 aliphatic carbocycles. The van der Waals surface area contributed by atoms with E-state index < -0.39 is 12.1 Å². The number of rotatable bonds is 11. The average Bonchev–Trinajstić information content (AvgIpc) is 3.47. The van der Waals surface area contributed by atoms with Crippen LogP contribution in [0, 0.1) is 0 Å². The fraction of sp³-hybridized carbons (Fsp3) is 0.342. The number of aromatic hydroxyl groups is 2. The maximum atomic E-state index is 12.1. The second kappa shape index (κ2) is 13.8. The summed E-state index contributed by atoms with van der Waals surface area (Å²) in [5, 5.41) is 44.4. The molecule has 3 atom stereocenters. The third-order valence-electron chi connectivity index (χ3n) is 9.44. The molecular formula is C38H41NO9. The molecular weight excluding hydrogens is 614 g/mol. The highest BCUT2D eigenvalue weighted by Crippen LogP contribution is 2.54. The highest BCUT2D eigenvalue weighted by molar-refractivity contribution is 5.82. The van der Waals surface area contributed by atoms with Crippen molar-refractivity contribution in [1.29, 1.82) is 0 Å². The summed E-state index contributed by atoms with van der Waals surface area (Å²) in [6.07, 6.45) is 0.775. The molecule has 5 N–H and O–H groups in total. The van der Waals surface area contributed by atoms with Crippen molar-refractivity contribution in [3.63, 3.8) is 0 Å². The first-order valence-electron chi connectivity index (χ1n) is 16.0. The van der Waals surface area contributed by atoms with Gasteiger partial charge in [-0.3, -0.25) is 4.79 Å². The van der Waals surface area contributed by atoms with Gasteiger partial charge in [-0.25, -0.2) is 0 Å². The minimum absolute atomic E-state index is 0.0274. The van der Waals surface area contributed by atoms with E-state index in [0.29, 0.717) is 25.1 Å². The zero-order valence-corrected chi connectivity index (χ0v) is 27.5. The van der Waals surface area contributed by atoms with Gasteiger partial charge in [-0.2, -0.15) is 0 Å². The SMILES string of the molecule is COc1cc(C2Oc3c(ccc4c3CCc3cc(O)cc(OC)c3-4)C2COC(C)=O)c(CNC(C)c2cc(CO)ccc2CO)cc1O. The highest BCUT2D eigenvalue weighted by Gasteiger charge is 2.41. The normalized spacial score (nSPS) is 16.7. The van der Waals surface area contributed by atoms with E-state index in [2.05, 4.69) is 5.32 Å². The van der Waals surface area contributed by atoms with Crippen LogP contribution < -0.4 is 19.5 Å². The minimum Gasteiger partial charge on any atom is -0.508 e. The van der Waals surface area contributed by atoms with Crippen molar-refractivity contribution in [3.05, 3.63) is 99.1 Å². The third kappa shape index (κ3) is 6.14. The number of aliphatic hydroxyl groups excluding tert-OH is 2. The zero-order chi connectivity index (χ0) is 34.1. The van der Waals surface area contributed by atoms with Gasteiger partial charge >= 0.3 is 5.97 Å². The molecule has 3 unspecified atom stereocenters. The molecule has 6 rings (SSSR count). The number of nitrogens with one attached hydrogen (secondary N) is 1. The number of carbonyl (C=O) groups is 1. The molecule has 252 valence electrons. The van der Waals surface area contributed by atoms with E-state index in [4.69, 9.17) is 18.9 Å². The monoisotopic (exact) mass is 655 g/mol. The van der Waals surface area contributed by atoms with Crippen LogP contribution in [-0.2, 0) is 42.1 Å². The maximum absolute atomic E-state index is 12.1. The summed E-state index contributed by atoms with van der Waals surface area (Å²) in [5.74, 6) is 0.956. The fourth-order valence-electron chi connectivity index (χ4n) is 7.05. The Morgan fingerprint density at radius 2 is 1.73 bits per heavy atom. The first-order chi connectivity index (χ1) is 23.2. The zero-order valence-electron chi connectivity index (χ0n) is 27.5. The van der Waals surface area contributed by atoms with Crippen LogP contribution in [0.5, 0.6) is 28.7 Å². The van der Waals surface area contributed by atoms with Crippen LogP contribution in [0.15, 0.2) is 54.6 Å². The van der Waals surface area contributed by atoms with Gasteiger partial charge in [-0.05, 0) is 71.3 Å². The van der Waals surface area contributed by atoms with Gasteiger partial charge < -0.3 is 44.7 Å². The van der Waals surface area contributed by atoms with E-state index in [9.17, 15) is 25.2 Å². The number of benzene rings is 4. The third-order valence-corrected chi connectivity index (χ3v) is 9.44. The molecule has 0 radical (unpaired) electrons. The van der Waals surface area contributed by atoms with Gasteiger partial charge in [0.15, 0.2) is 11.5 Å². The number of aryl methyl sites for hydroxylation is 1. The Kier molecular flexibility index (Phi) is 9.50. The van der Waals surface area contributed by atoms with Crippen LogP contribution in [0.4, 0.5) is 0 Å². The van der Waals surface area contributed by atoms with Crippen LogP contribution in [-0.4, -0.2) is 47.2 Å². The van der Waals surface area contributed by atoms with Crippen LogP contribution >= 0.6 is 0 Å². The average molecular weight is 656 g/mol. The van der Waals surface area contributed by atoms with Crippen LogP contribution in [0.25, 0.3) is 11.1 Å². The lowest BCUT2D eigenvalue weighted by Gasteiger charge is -2.25. The van der Waals surface area contributed by atoms with Crippen molar-refractivity contribution in [3.8, 4) is 39.9 Å². The van der Waals surface area contributed by atoms with E-state index in [0.717, 1.165) is 61.4 Å². The molecule has 0 fully saturated rings. The van der Waals surface area contributed by atoms with Gasteiger partial charge in [0.2, 0.25) is 0 Å². The summed E-state index contributed by atoms with van der Waals surface area (Å²) in [5.41, 5.74) is 8.66. The number of hydrogen-bond acceptors (Lipinski definition) is 10. The number of phenolic OH excluding ortho intramolecular Hbond substituents is 2. The summed E-state index contributed by atoms with van der Waals surface area (Å²) in [4.78, 5) is 12.1. The molecule has 0 saturated heterocycles. The van der Waals surface area contributed by atoms with Gasteiger partial charge in [-0.1, -0.05) is 30.3 Å². The van der Waals surface area contributed by atoms with Gasteiger partial charge in [-0.15, -0.1) is 0 Å². The summed E-state index contributed by atoms with van der Waals surface area (Å²) >= 11 is 0. The molecule has 0 saturated carbocycles. The quantitative estimate of drug-likeness (QED) is 0.131. The number of methoxy groups -OCH3 is 2. The second-order valence-corrected chi connectivity index (χ2v) is 12.3. The number of ether oxygens (including phenoxy) is 4. The van der Waals surface area contributed by atoms with E-state index in [1.165, 1.54) is 14.0 Å². The van der Waals surface area contributed by atoms with E-state index in [-0.39, 0.29) is 49.0 Å². The first-order valence-corrected chi connectivity index (χ1v) is 16.0. The number of fused-ring (bicyclic) bond motifs is 5. The van der Waals surface area contributed by atoms with Crippen LogP contribution in [0.1, 0.15) is 76.4 Å². The molecule has 48 heavy (non-hydrogen) atoms. The Bertz CT molecular complexity index is 1840. The van der Waals surface area contributed by atoms with Crippen molar-refractivity contribution in [2.45, 2.75) is 64.5 Å². The van der Waals surface area contributed by atoms with E-state index >= 15 is 0 Å². The number of hydrogen-bond donors (Lipinski definition) is 5. The smallest absolute Gasteiger partial charge is 0.302 e. The van der Waals surface area contributed by atoms with Crippen LogP contribution in [0.3, 0.4) is 0 Å². The van der Waals surface area contributed by atoms with Crippen molar-refractivity contribution in [2.24, 2.45) is 0 Å². The Morgan fingerprint density at radius 1 is 0.938 bits per heavy atom. The molecule has 0 bridgehead atoms. The largest absolute Gasteiger partial charge is 0.508 e. The van der Waals surface area contributed by atoms with Crippen molar-refractivity contribution in [2.75, 3.05) is 20.8 Å². The topological polar surface area (TPSA) is 147 Å². The minimum atomic E-state index is -0.582. The van der Waals surface area contributed by atoms with Crippen molar-refractivity contribution >= 4 is 5.97 Å². The van der Waals surface area contributed by atoms with Gasteiger partial charge in [0.05, 0.1) is 33.4 Å². The fourth-order valence-corrected chi connectivity index (χ4v) is 7.05. The van der Waals surface area contributed by atoms with Gasteiger partial charge in [0.25, 0.3) is 0 Å². The first kappa shape index (κ1) is 33.1. The molecule has 0 spiro atoms. The molecule has 10 heteroatoms. The Labute approximate surface area is 279 Å². The second-order valence-electron chi connectivity index (χ2n) is 12.3. The number of esters is 1. The Balaban J connectivity index is 1.40. The molecule has 0 aromatic heterocycles. The lowest BCUT2D eigenvalue weighted by atomic mass is 9.81. The Hall–Kier alpha value is -4.77. The van der Waals surface area contributed by atoms with Crippen molar-refractivity contribution < 1.29 is 44.2 Å². The van der Waals surface area contributed by atoms with Gasteiger partial charge in [0.1, 0.15) is 30.0 Å². The van der Waals surface area contributed by atoms with E-state index in [1.807, 2.05) is 31.2 Å². The summed E-state index contributed by atoms with van der Waals surface area (Å²) in [6, 6.07) is 16.1. The predicted molar refractivity (Wildman–Crippen MR) is 178 cm³/mol. The number of carbonyl (C=O) groups excluding carboxylic acids is 1. The molecule has 0 amide bonds. The standard InChI is InChI=1S/C38H41NO9/c1-20(30-11-22(17-40)5-6-24(30)18-41)39-16-25-13-33(44)34(45-3)15-31(25)38-32(19-47-21(2)42)29-10-9-27-28(37(29)48-38)8-7-23-12-26(43)14-35(46-4)36(23)27/h5-6,9-15,20,32,38-41,43-44H,7-8,16-19H2,1-4H3. The van der Waals surface area contributed by atoms with Crippen LogP contribution in [0.2, 0.25) is 0 Å². The summed E-state index contributed by atoms with van der Waals surface area (Å²) in [6.45, 7) is 3.50. The molecule has 1 aliphatic heterocycles. The lowest BCUT2D eigenvalue weighted by molar-refractivity contribution is -0.141. The van der Waals surface area contributed by atoms with E-state index in [1.54, 1.807) is 37.4 Å². The number of phenols is 2. The maximum Gasteiger partial charge on any atom is 0.302 e. The summed E-state index contributed by atoms with van der Waals surface area (Å²) < 4.78 is 23.7. The van der Waals surface area contributed by atoms with Gasteiger partial charge in [0, 0.05) is 47.8 Å². The molecule has 10 nitrogen and oxygen atoms in total. The number of aliphatic hydroxyl groups is 2. The Morgan fingerprint density at radius 3 is 2.44 bits per heavy atom. The summed E-state index contributed by atoms with van der Waals surface area (Å²) in [7, 11) is 3.07. The predicted octanol–water partition coefficient (Wildman–Crippen LogP) is 5.50. The molecule has 4 aromatic carbocycles. The lowest BCUT2D eigenvalue weighted by Crippen LogP contribution is -2.23.